The number of nitrogens with two attached hydrogens (primary N) is 1. The van der Waals surface area contributed by atoms with Crippen LogP contribution in [0.2, 0.25) is 0 Å². The molecular formula is C15H13FN2S. The van der Waals surface area contributed by atoms with Crippen molar-refractivity contribution in [1.29, 1.82) is 0 Å². The van der Waals surface area contributed by atoms with E-state index in [2.05, 4.69) is 17.0 Å². The Hall–Kier alpha value is -1.94. The Morgan fingerprint density at radius 3 is 2.32 bits per heavy atom. The lowest BCUT2D eigenvalue weighted by Crippen LogP contribution is -2.20. The van der Waals surface area contributed by atoms with Gasteiger partial charge in [0.25, 0.3) is 0 Å². The molecule has 2 aromatic rings. The largest absolute Gasteiger partial charge is 0.389 e. The van der Waals surface area contributed by atoms with Crippen LogP contribution >= 0.6 is 12.2 Å². The fourth-order valence-corrected chi connectivity index (χ4v) is 2.65. The number of nitrogens with zero attached hydrogens (tertiary/aromatic N) is 1. The zero-order chi connectivity index (χ0) is 13.4. The quantitative estimate of drug-likeness (QED) is 0.852. The second-order valence-electron chi connectivity index (χ2n) is 4.65. The van der Waals surface area contributed by atoms with Crippen molar-refractivity contribution < 1.29 is 4.39 Å². The molecule has 0 saturated carbocycles. The summed E-state index contributed by atoms with van der Waals surface area (Å²) < 4.78 is 13.3. The summed E-state index contributed by atoms with van der Waals surface area (Å²) in [6.45, 7) is 1.61. The molecule has 0 fully saturated rings. The molecule has 2 nitrogen and oxygen atoms in total. The molecule has 2 N–H and O–H groups in total. The van der Waals surface area contributed by atoms with Crippen molar-refractivity contribution in [2.24, 2.45) is 5.73 Å². The lowest BCUT2D eigenvalue weighted by atomic mass is 10.1. The number of thiocarbonyl (C=S) groups is 1. The molecule has 19 heavy (non-hydrogen) atoms. The average Bonchev–Trinajstić information content (AvgIpc) is 2.82. The van der Waals surface area contributed by atoms with Gasteiger partial charge in [-0.25, -0.2) is 4.39 Å². The number of rotatable bonds is 2. The van der Waals surface area contributed by atoms with Crippen LogP contribution in [0.25, 0.3) is 0 Å². The van der Waals surface area contributed by atoms with Gasteiger partial charge in [-0.2, -0.15) is 0 Å². The summed E-state index contributed by atoms with van der Waals surface area (Å²) in [6, 6.07) is 12.9. The second-order valence-corrected chi connectivity index (χ2v) is 5.09. The second kappa shape index (κ2) is 4.63. The van der Waals surface area contributed by atoms with Gasteiger partial charge in [0.1, 0.15) is 10.8 Å². The predicted octanol–water partition coefficient (Wildman–Crippen LogP) is 2.98. The van der Waals surface area contributed by atoms with E-state index in [0.717, 1.165) is 18.8 Å². The lowest BCUT2D eigenvalue weighted by Gasteiger charge is -2.21. The van der Waals surface area contributed by atoms with E-state index in [1.165, 1.54) is 23.3 Å². The smallest absolute Gasteiger partial charge is 0.124 e. The summed E-state index contributed by atoms with van der Waals surface area (Å²) in [5.41, 5.74) is 9.77. The molecule has 0 aromatic heterocycles. The number of benzene rings is 2. The summed E-state index contributed by atoms with van der Waals surface area (Å²) in [7, 11) is 0. The highest BCUT2D eigenvalue weighted by atomic mass is 32.1. The molecule has 4 heteroatoms. The van der Waals surface area contributed by atoms with Gasteiger partial charge < -0.3 is 10.6 Å². The zero-order valence-corrected chi connectivity index (χ0v) is 11.1. The number of anilines is 1. The van der Waals surface area contributed by atoms with E-state index < -0.39 is 0 Å². The van der Waals surface area contributed by atoms with Crippen molar-refractivity contribution in [3.05, 3.63) is 65.0 Å². The van der Waals surface area contributed by atoms with E-state index in [4.69, 9.17) is 18.0 Å². The van der Waals surface area contributed by atoms with Crippen molar-refractivity contribution in [2.75, 3.05) is 4.90 Å². The monoisotopic (exact) mass is 272 g/mol. The van der Waals surface area contributed by atoms with Crippen LogP contribution in [0.3, 0.4) is 0 Å². The van der Waals surface area contributed by atoms with Crippen molar-refractivity contribution in [3.8, 4) is 0 Å². The number of hydrogen-bond acceptors (Lipinski definition) is 2. The number of hydrogen-bond donors (Lipinski definition) is 1. The Morgan fingerprint density at radius 1 is 1.11 bits per heavy atom. The minimum absolute atomic E-state index is 0.227. The molecule has 0 radical (unpaired) electrons. The van der Waals surface area contributed by atoms with Gasteiger partial charge in [-0.15, -0.1) is 0 Å². The maximum atomic E-state index is 13.3. The van der Waals surface area contributed by atoms with Gasteiger partial charge in [-0.1, -0.05) is 36.5 Å². The summed E-state index contributed by atoms with van der Waals surface area (Å²) in [4.78, 5) is 2.39. The summed E-state index contributed by atoms with van der Waals surface area (Å²) in [5, 5.41) is 0. The average molecular weight is 272 g/mol. The molecule has 1 heterocycles. The SMILES string of the molecule is NC(=S)c1cc(F)ccc1N1Cc2ccccc2C1. The molecule has 0 bridgehead atoms. The Labute approximate surface area is 116 Å². The topological polar surface area (TPSA) is 29.3 Å². The maximum Gasteiger partial charge on any atom is 0.124 e. The third kappa shape index (κ3) is 2.19. The Kier molecular flexibility index (Phi) is 2.95. The molecule has 1 aliphatic heterocycles. The van der Waals surface area contributed by atoms with Gasteiger partial charge in [0.05, 0.1) is 0 Å². The van der Waals surface area contributed by atoms with Crippen molar-refractivity contribution >= 4 is 22.9 Å². The first kappa shape index (κ1) is 12.1. The highest BCUT2D eigenvalue weighted by Gasteiger charge is 2.21. The zero-order valence-electron chi connectivity index (χ0n) is 10.3. The van der Waals surface area contributed by atoms with Crippen molar-refractivity contribution in [3.63, 3.8) is 0 Å². The third-order valence-corrected chi connectivity index (χ3v) is 3.63. The minimum atomic E-state index is -0.316. The van der Waals surface area contributed by atoms with Crippen LogP contribution in [0.5, 0.6) is 0 Å². The molecule has 0 aliphatic carbocycles. The Balaban J connectivity index is 1.99. The van der Waals surface area contributed by atoms with E-state index in [9.17, 15) is 4.39 Å². The first-order valence-corrected chi connectivity index (χ1v) is 6.47. The van der Waals surface area contributed by atoms with Crippen LogP contribution in [0.15, 0.2) is 42.5 Å². The van der Waals surface area contributed by atoms with E-state index in [0.29, 0.717) is 5.56 Å². The number of halogens is 1. The van der Waals surface area contributed by atoms with Crippen molar-refractivity contribution in [2.45, 2.75) is 13.1 Å². The first-order chi connectivity index (χ1) is 9.15. The normalized spacial score (nSPS) is 13.4. The predicted molar refractivity (Wildman–Crippen MR) is 78.6 cm³/mol. The van der Waals surface area contributed by atoms with Gasteiger partial charge in [-0.3, -0.25) is 0 Å². The Morgan fingerprint density at radius 2 is 1.74 bits per heavy atom. The third-order valence-electron chi connectivity index (χ3n) is 3.41. The summed E-state index contributed by atoms with van der Waals surface area (Å²) in [6.07, 6.45) is 0. The molecule has 0 saturated heterocycles. The van der Waals surface area contributed by atoms with Gasteiger partial charge in [0.15, 0.2) is 0 Å². The molecule has 96 valence electrons. The van der Waals surface area contributed by atoms with Crippen LogP contribution in [0.1, 0.15) is 16.7 Å². The molecular weight excluding hydrogens is 259 g/mol. The van der Waals surface area contributed by atoms with E-state index >= 15 is 0 Å². The van der Waals surface area contributed by atoms with E-state index in [1.54, 1.807) is 6.07 Å². The molecule has 0 spiro atoms. The van der Waals surface area contributed by atoms with Crippen LogP contribution in [0, 0.1) is 5.82 Å². The molecule has 2 aromatic carbocycles. The van der Waals surface area contributed by atoms with Crippen molar-refractivity contribution in [1.82, 2.24) is 0 Å². The fraction of sp³-hybridized carbons (Fsp3) is 0.133. The number of fused-ring (bicyclic) bond motifs is 1. The van der Waals surface area contributed by atoms with E-state index in [-0.39, 0.29) is 10.8 Å². The summed E-state index contributed by atoms with van der Waals surface area (Å²) >= 11 is 5.02. The highest BCUT2D eigenvalue weighted by Crippen LogP contribution is 2.30. The molecule has 0 amide bonds. The van der Waals surface area contributed by atoms with Crippen LogP contribution < -0.4 is 10.6 Å². The maximum absolute atomic E-state index is 13.3. The van der Waals surface area contributed by atoms with Gasteiger partial charge >= 0.3 is 0 Å². The van der Waals surface area contributed by atoms with Crippen LogP contribution in [-0.4, -0.2) is 4.99 Å². The fourth-order valence-electron chi connectivity index (χ4n) is 2.48. The molecule has 0 atom stereocenters. The van der Waals surface area contributed by atoms with Crippen LogP contribution in [0.4, 0.5) is 10.1 Å². The van der Waals surface area contributed by atoms with Gasteiger partial charge in [0, 0.05) is 24.3 Å². The standard InChI is InChI=1S/C15H13FN2S/c16-12-5-6-14(13(7-12)15(17)19)18-8-10-3-1-2-4-11(10)9-18/h1-7H,8-9H2,(H2,17,19). The molecule has 0 unspecified atom stereocenters. The van der Waals surface area contributed by atoms with E-state index in [1.807, 2.05) is 12.1 Å². The van der Waals surface area contributed by atoms with Gasteiger partial charge in [-0.05, 0) is 29.3 Å². The first-order valence-electron chi connectivity index (χ1n) is 6.06. The molecule has 1 aliphatic rings. The Bertz CT molecular complexity index is 629. The summed E-state index contributed by atoms with van der Waals surface area (Å²) in [5.74, 6) is -0.316. The highest BCUT2D eigenvalue weighted by molar-refractivity contribution is 7.80. The lowest BCUT2D eigenvalue weighted by molar-refractivity contribution is 0.627. The minimum Gasteiger partial charge on any atom is -0.389 e. The van der Waals surface area contributed by atoms with Gasteiger partial charge in [0.2, 0.25) is 0 Å². The van der Waals surface area contributed by atoms with Crippen LogP contribution in [-0.2, 0) is 13.1 Å². The molecule has 3 rings (SSSR count).